The lowest BCUT2D eigenvalue weighted by Crippen LogP contribution is -2.38. The monoisotopic (exact) mass is 452 g/mol. The number of benzene rings is 2. The highest BCUT2D eigenvalue weighted by Gasteiger charge is 2.46. The molecule has 0 aromatic heterocycles. The highest BCUT2D eigenvalue weighted by atomic mass is 16.5. The number of hydrogen-bond donors (Lipinski definition) is 1. The second-order valence-electron chi connectivity index (χ2n) is 7.98. The number of likely N-dealkylation sites (tertiary alicyclic amines) is 1. The zero-order valence-electron chi connectivity index (χ0n) is 19.9. The molecule has 176 valence electrons. The third-order valence-electron chi connectivity index (χ3n) is 6.19. The summed E-state index contributed by atoms with van der Waals surface area (Å²) in [5.74, 6) is -0.121. The number of aryl methyl sites for hydroxylation is 1. The third-order valence-corrected chi connectivity index (χ3v) is 6.19. The fraction of sp³-hybridized carbons (Fsp3) is 0.385. The molecular formula is C26H32N2O5. The Labute approximate surface area is 195 Å². The lowest BCUT2D eigenvalue weighted by molar-refractivity contribution is -0.140. The van der Waals surface area contributed by atoms with Crippen LogP contribution in [0.15, 0.2) is 48.0 Å². The quantitative estimate of drug-likeness (QED) is 0.354. The minimum atomic E-state index is -0.686. The summed E-state index contributed by atoms with van der Waals surface area (Å²) in [5.41, 5.74) is 2.11. The number of methoxy groups -OCH3 is 2. The Morgan fingerprint density at radius 3 is 2.24 bits per heavy atom. The number of ketones is 1. The summed E-state index contributed by atoms with van der Waals surface area (Å²) in [6.45, 7) is 8.68. The lowest BCUT2D eigenvalue weighted by atomic mass is 9.94. The number of hydrogen-bond acceptors (Lipinski definition) is 6. The van der Waals surface area contributed by atoms with Gasteiger partial charge in [-0.05, 0) is 61.5 Å². The van der Waals surface area contributed by atoms with Crippen molar-refractivity contribution in [1.82, 2.24) is 9.80 Å². The van der Waals surface area contributed by atoms with E-state index in [4.69, 9.17) is 9.47 Å². The Hall–Kier alpha value is -3.32. The molecule has 0 saturated carbocycles. The van der Waals surface area contributed by atoms with Gasteiger partial charge in [-0.3, -0.25) is 9.59 Å². The molecule has 1 fully saturated rings. The predicted molar refractivity (Wildman–Crippen MR) is 128 cm³/mol. The number of aliphatic hydroxyl groups excluding tert-OH is 1. The summed E-state index contributed by atoms with van der Waals surface area (Å²) in [5, 5.41) is 11.2. The molecule has 3 rings (SSSR count). The molecule has 2 aromatic carbocycles. The highest BCUT2D eigenvalue weighted by molar-refractivity contribution is 6.46. The van der Waals surface area contributed by atoms with E-state index in [9.17, 15) is 14.7 Å². The first-order valence-corrected chi connectivity index (χ1v) is 11.2. The molecule has 1 aliphatic heterocycles. The fourth-order valence-electron chi connectivity index (χ4n) is 4.21. The van der Waals surface area contributed by atoms with Crippen molar-refractivity contribution in [3.05, 3.63) is 64.7 Å². The van der Waals surface area contributed by atoms with Gasteiger partial charge in [0.05, 0.1) is 25.8 Å². The molecule has 1 atom stereocenters. The average Bonchev–Trinajstić information content (AvgIpc) is 3.09. The first kappa shape index (κ1) is 24.3. The summed E-state index contributed by atoms with van der Waals surface area (Å²) < 4.78 is 10.6. The lowest BCUT2D eigenvalue weighted by Gasteiger charge is -2.28. The van der Waals surface area contributed by atoms with Gasteiger partial charge in [0.1, 0.15) is 17.3 Å². The van der Waals surface area contributed by atoms with Crippen LogP contribution in [-0.2, 0) is 9.59 Å². The Bertz CT molecular complexity index is 1040. The van der Waals surface area contributed by atoms with Crippen LogP contribution in [0.25, 0.3) is 5.76 Å². The maximum atomic E-state index is 13.2. The van der Waals surface area contributed by atoms with Crippen molar-refractivity contribution in [2.75, 3.05) is 40.4 Å². The molecule has 0 spiro atoms. The molecule has 0 aliphatic carbocycles. The van der Waals surface area contributed by atoms with Gasteiger partial charge in [-0.1, -0.05) is 26.0 Å². The van der Waals surface area contributed by atoms with Crippen LogP contribution in [0.4, 0.5) is 0 Å². The summed E-state index contributed by atoms with van der Waals surface area (Å²) in [6, 6.07) is 11.7. The second kappa shape index (κ2) is 10.5. The maximum absolute atomic E-state index is 13.2. The Balaban J connectivity index is 2.10. The smallest absolute Gasteiger partial charge is 0.295 e. The number of amides is 1. The number of rotatable bonds is 9. The first-order valence-electron chi connectivity index (χ1n) is 11.2. The molecule has 0 unspecified atom stereocenters. The van der Waals surface area contributed by atoms with E-state index in [2.05, 4.69) is 18.7 Å². The van der Waals surface area contributed by atoms with Gasteiger partial charge in [0.15, 0.2) is 0 Å². The van der Waals surface area contributed by atoms with Crippen LogP contribution < -0.4 is 9.47 Å². The normalized spacial score (nSPS) is 17.6. The zero-order chi connectivity index (χ0) is 24.1. The van der Waals surface area contributed by atoms with Gasteiger partial charge in [0.2, 0.25) is 0 Å². The number of carbonyl (C=O) groups is 2. The van der Waals surface area contributed by atoms with Crippen molar-refractivity contribution in [2.24, 2.45) is 0 Å². The minimum Gasteiger partial charge on any atom is -0.507 e. The number of Topliss-reactive ketones (excluding diaryl/α,β-unsaturated/α-hetero) is 1. The molecule has 1 aliphatic rings. The van der Waals surface area contributed by atoms with Crippen molar-refractivity contribution in [3.63, 3.8) is 0 Å². The van der Waals surface area contributed by atoms with E-state index in [0.717, 1.165) is 24.2 Å². The average molecular weight is 453 g/mol. The number of carbonyl (C=O) groups excluding carboxylic acids is 2. The molecule has 7 heteroatoms. The van der Waals surface area contributed by atoms with E-state index >= 15 is 0 Å². The van der Waals surface area contributed by atoms with Gasteiger partial charge in [-0.2, -0.15) is 0 Å². The molecule has 2 aromatic rings. The number of nitrogens with zero attached hydrogens (tertiary/aromatic N) is 2. The van der Waals surface area contributed by atoms with Crippen molar-refractivity contribution in [2.45, 2.75) is 26.8 Å². The molecule has 1 amide bonds. The van der Waals surface area contributed by atoms with Crippen LogP contribution in [0, 0.1) is 6.92 Å². The van der Waals surface area contributed by atoms with Crippen LogP contribution in [0.1, 0.15) is 36.6 Å². The molecule has 0 radical (unpaired) electrons. The van der Waals surface area contributed by atoms with Gasteiger partial charge in [-0.15, -0.1) is 0 Å². The Morgan fingerprint density at radius 1 is 1.03 bits per heavy atom. The van der Waals surface area contributed by atoms with E-state index in [1.807, 2.05) is 19.1 Å². The van der Waals surface area contributed by atoms with Crippen molar-refractivity contribution >= 4 is 17.4 Å². The van der Waals surface area contributed by atoms with Gasteiger partial charge >= 0.3 is 0 Å². The predicted octanol–water partition coefficient (Wildman–Crippen LogP) is 3.78. The van der Waals surface area contributed by atoms with Crippen LogP contribution >= 0.6 is 0 Å². The van der Waals surface area contributed by atoms with Crippen LogP contribution in [-0.4, -0.2) is 67.0 Å². The first-order chi connectivity index (χ1) is 15.9. The summed E-state index contributed by atoms with van der Waals surface area (Å²) in [7, 11) is 3.16. The van der Waals surface area contributed by atoms with Gasteiger partial charge in [0.25, 0.3) is 11.7 Å². The largest absolute Gasteiger partial charge is 0.507 e. The van der Waals surface area contributed by atoms with E-state index in [0.29, 0.717) is 30.2 Å². The molecule has 33 heavy (non-hydrogen) atoms. The van der Waals surface area contributed by atoms with E-state index in [1.165, 1.54) is 0 Å². The Kier molecular flexibility index (Phi) is 7.76. The summed E-state index contributed by atoms with van der Waals surface area (Å²) in [6.07, 6.45) is 0. The minimum absolute atomic E-state index is 0.0919. The van der Waals surface area contributed by atoms with Crippen LogP contribution in [0.3, 0.4) is 0 Å². The molecular weight excluding hydrogens is 420 g/mol. The highest BCUT2D eigenvalue weighted by Crippen LogP contribution is 2.40. The standard InChI is InChI=1S/C26H32N2O5/c1-6-27(7-2)14-15-28-23(18-8-11-20(32-4)12-9-18)22(25(30)26(28)31)24(29)19-10-13-21(33-5)17(3)16-19/h8-13,16,23,29H,6-7,14-15H2,1-5H3/t23-/m1/s1. The fourth-order valence-corrected chi connectivity index (χ4v) is 4.21. The maximum Gasteiger partial charge on any atom is 0.295 e. The summed E-state index contributed by atoms with van der Waals surface area (Å²) >= 11 is 0. The van der Waals surface area contributed by atoms with Crippen LogP contribution in [0.5, 0.6) is 11.5 Å². The number of ether oxygens (including phenoxy) is 2. The van der Waals surface area contributed by atoms with Gasteiger partial charge in [0, 0.05) is 18.7 Å². The van der Waals surface area contributed by atoms with Crippen molar-refractivity contribution in [1.29, 1.82) is 0 Å². The SMILES string of the molecule is CCN(CC)CCN1C(=O)C(=O)C(=C(O)c2ccc(OC)c(C)c2)[C@H]1c1ccc(OC)cc1. The molecule has 0 bridgehead atoms. The van der Waals surface area contributed by atoms with E-state index < -0.39 is 17.7 Å². The molecule has 1 saturated heterocycles. The van der Waals surface area contributed by atoms with Crippen LogP contribution in [0.2, 0.25) is 0 Å². The summed E-state index contributed by atoms with van der Waals surface area (Å²) in [4.78, 5) is 30.0. The molecule has 7 nitrogen and oxygen atoms in total. The van der Waals surface area contributed by atoms with Gasteiger partial charge in [-0.25, -0.2) is 0 Å². The van der Waals surface area contributed by atoms with Crippen molar-refractivity contribution in [3.8, 4) is 11.5 Å². The van der Waals surface area contributed by atoms with E-state index in [-0.39, 0.29) is 11.3 Å². The third kappa shape index (κ3) is 4.88. The van der Waals surface area contributed by atoms with Crippen molar-refractivity contribution < 1.29 is 24.2 Å². The number of aliphatic hydroxyl groups is 1. The zero-order valence-corrected chi connectivity index (χ0v) is 19.9. The topological polar surface area (TPSA) is 79.3 Å². The second-order valence-corrected chi connectivity index (χ2v) is 7.98. The number of likely N-dealkylation sites (N-methyl/N-ethyl adjacent to an activating group) is 1. The Morgan fingerprint density at radius 2 is 1.70 bits per heavy atom. The molecule has 1 heterocycles. The molecule has 1 N–H and O–H groups in total. The van der Waals surface area contributed by atoms with E-state index in [1.54, 1.807) is 49.5 Å². The van der Waals surface area contributed by atoms with Gasteiger partial charge < -0.3 is 24.4 Å².